The van der Waals surface area contributed by atoms with Gasteiger partial charge in [0.1, 0.15) is 10.9 Å². The fraction of sp³-hybridized carbons (Fsp3) is 0. The highest BCUT2D eigenvalue weighted by Crippen LogP contribution is 2.29. The molecule has 2 aromatic heterocycles. The van der Waals surface area contributed by atoms with Crippen LogP contribution < -0.4 is 0 Å². The van der Waals surface area contributed by atoms with E-state index in [9.17, 15) is 0 Å². The molecule has 0 saturated heterocycles. The van der Waals surface area contributed by atoms with Gasteiger partial charge < -0.3 is 0 Å². The van der Waals surface area contributed by atoms with Crippen molar-refractivity contribution in [2.45, 2.75) is 0 Å². The molecule has 0 amide bonds. The van der Waals surface area contributed by atoms with Gasteiger partial charge in [0.05, 0.1) is 10.4 Å². The molecule has 5 heteroatoms. The van der Waals surface area contributed by atoms with Crippen LogP contribution in [0.1, 0.15) is 0 Å². The molecule has 2 heterocycles. The first-order chi connectivity index (χ1) is 5.88. The van der Waals surface area contributed by atoms with E-state index in [0.29, 0.717) is 0 Å². The van der Waals surface area contributed by atoms with Gasteiger partial charge in [-0.2, -0.15) is 0 Å². The highest BCUT2D eigenvalue weighted by molar-refractivity contribution is 9.10. The van der Waals surface area contributed by atoms with E-state index in [1.165, 1.54) is 6.33 Å². The summed E-state index contributed by atoms with van der Waals surface area (Å²) in [5, 5.41) is 0. The molecule has 0 unspecified atom stereocenters. The number of hydrogen-bond donors (Lipinski definition) is 0. The van der Waals surface area contributed by atoms with Gasteiger partial charge in [0.15, 0.2) is 0 Å². The maximum Gasteiger partial charge on any atom is 0.124 e. The Labute approximate surface area is 81.7 Å². The fourth-order valence-electron chi connectivity index (χ4n) is 0.836. The molecule has 0 radical (unpaired) electrons. The normalized spacial score (nSPS) is 10.1. The molecule has 2 rings (SSSR count). The van der Waals surface area contributed by atoms with E-state index in [-0.39, 0.29) is 0 Å². The smallest absolute Gasteiger partial charge is 0.124 e. The first kappa shape index (κ1) is 7.82. The van der Waals surface area contributed by atoms with E-state index in [4.69, 9.17) is 0 Å². The monoisotopic (exact) mass is 241 g/mol. The van der Waals surface area contributed by atoms with Crippen molar-refractivity contribution in [1.29, 1.82) is 0 Å². The lowest BCUT2D eigenvalue weighted by molar-refractivity contribution is 1.17. The summed E-state index contributed by atoms with van der Waals surface area (Å²) in [5.74, 6) is 0. The van der Waals surface area contributed by atoms with Crippen molar-refractivity contribution in [3.05, 3.63) is 28.8 Å². The second-order valence-corrected chi connectivity index (χ2v) is 3.71. The van der Waals surface area contributed by atoms with Gasteiger partial charge in [-0.05, 0) is 15.9 Å². The molecule has 0 aromatic carbocycles. The zero-order valence-electron chi connectivity index (χ0n) is 5.94. The van der Waals surface area contributed by atoms with Gasteiger partial charge in [-0.15, -0.1) is 11.3 Å². The van der Waals surface area contributed by atoms with Gasteiger partial charge in [-0.3, -0.25) is 0 Å². The first-order valence-electron chi connectivity index (χ1n) is 3.22. The van der Waals surface area contributed by atoms with Gasteiger partial charge in [0, 0.05) is 18.0 Å². The summed E-state index contributed by atoms with van der Waals surface area (Å²) in [6.45, 7) is 0. The molecule has 0 saturated carbocycles. The highest BCUT2D eigenvalue weighted by atomic mass is 79.9. The molecule has 2 aromatic rings. The number of nitrogens with zero attached hydrogens (tertiary/aromatic N) is 3. The van der Waals surface area contributed by atoms with Crippen molar-refractivity contribution >= 4 is 27.3 Å². The summed E-state index contributed by atoms with van der Waals surface area (Å²) < 4.78 is 0.849. The zero-order valence-corrected chi connectivity index (χ0v) is 8.34. The molecule has 60 valence electrons. The lowest BCUT2D eigenvalue weighted by Crippen LogP contribution is -1.79. The molecule has 0 aliphatic heterocycles. The van der Waals surface area contributed by atoms with Crippen LogP contribution in [0.5, 0.6) is 0 Å². The summed E-state index contributed by atoms with van der Waals surface area (Å²) in [7, 11) is 0. The standard InChI is InChI=1S/C7H4BrN3S/c8-7-6(12-4-11-7)5-1-9-3-10-2-5/h1-4H. The van der Waals surface area contributed by atoms with Crippen LogP contribution >= 0.6 is 27.3 Å². The van der Waals surface area contributed by atoms with Crippen molar-refractivity contribution in [2.75, 3.05) is 0 Å². The molecule has 0 aliphatic carbocycles. The van der Waals surface area contributed by atoms with Crippen LogP contribution in [0.15, 0.2) is 28.8 Å². The molecule has 0 bridgehead atoms. The molecular weight excluding hydrogens is 238 g/mol. The summed E-state index contributed by atoms with van der Waals surface area (Å²) in [5.41, 5.74) is 2.78. The van der Waals surface area contributed by atoms with E-state index < -0.39 is 0 Å². The topological polar surface area (TPSA) is 38.7 Å². The molecule has 0 fully saturated rings. The summed E-state index contributed by atoms with van der Waals surface area (Å²) in [4.78, 5) is 13.0. The number of hydrogen-bond acceptors (Lipinski definition) is 4. The molecule has 0 atom stereocenters. The molecule has 12 heavy (non-hydrogen) atoms. The van der Waals surface area contributed by atoms with Crippen molar-refractivity contribution in [1.82, 2.24) is 15.0 Å². The maximum atomic E-state index is 4.07. The molecular formula is C7H4BrN3S. The Kier molecular flexibility index (Phi) is 2.14. The third kappa shape index (κ3) is 1.37. The Bertz CT molecular complexity index is 373. The summed E-state index contributed by atoms with van der Waals surface area (Å²) >= 11 is 4.91. The Balaban J connectivity index is 2.51. The van der Waals surface area contributed by atoms with E-state index in [1.54, 1.807) is 29.2 Å². The van der Waals surface area contributed by atoms with Crippen LogP contribution in [-0.4, -0.2) is 15.0 Å². The second kappa shape index (κ2) is 3.28. The van der Waals surface area contributed by atoms with Gasteiger partial charge in [0.25, 0.3) is 0 Å². The zero-order chi connectivity index (χ0) is 8.39. The van der Waals surface area contributed by atoms with E-state index in [0.717, 1.165) is 15.0 Å². The van der Waals surface area contributed by atoms with Crippen LogP contribution in [0.25, 0.3) is 10.4 Å². The van der Waals surface area contributed by atoms with E-state index in [2.05, 4.69) is 30.9 Å². The minimum Gasteiger partial charge on any atom is -0.244 e. The Hall–Kier alpha value is -0.810. The average molecular weight is 242 g/mol. The predicted octanol–water partition coefficient (Wildman–Crippen LogP) is 2.36. The highest BCUT2D eigenvalue weighted by Gasteiger charge is 2.04. The SMILES string of the molecule is Brc1ncsc1-c1cncnc1. The minimum absolute atomic E-state index is 0.849. The number of aromatic nitrogens is 3. The van der Waals surface area contributed by atoms with Crippen LogP contribution in [0.2, 0.25) is 0 Å². The molecule has 0 aliphatic rings. The minimum atomic E-state index is 0.849. The van der Waals surface area contributed by atoms with Crippen LogP contribution in [0.3, 0.4) is 0 Å². The Morgan fingerprint density at radius 3 is 2.58 bits per heavy atom. The summed E-state index contributed by atoms with van der Waals surface area (Å²) in [6, 6.07) is 0. The van der Waals surface area contributed by atoms with Crippen LogP contribution in [0, 0.1) is 0 Å². The fourth-order valence-corrected chi connectivity index (χ4v) is 2.24. The quantitative estimate of drug-likeness (QED) is 0.770. The van der Waals surface area contributed by atoms with Crippen molar-refractivity contribution in [3.63, 3.8) is 0 Å². The second-order valence-electron chi connectivity index (χ2n) is 2.10. The Morgan fingerprint density at radius 2 is 2.00 bits per heavy atom. The van der Waals surface area contributed by atoms with Crippen molar-refractivity contribution in [2.24, 2.45) is 0 Å². The van der Waals surface area contributed by atoms with Gasteiger partial charge in [-0.25, -0.2) is 15.0 Å². The Morgan fingerprint density at radius 1 is 1.25 bits per heavy atom. The number of halogens is 1. The molecule has 0 spiro atoms. The number of thiazole rings is 1. The summed E-state index contributed by atoms with van der Waals surface area (Å²) in [6.07, 6.45) is 5.05. The largest absolute Gasteiger partial charge is 0.244 e. The van der Waals surface area contributed by atoms with Gasteiger partial charge in [0.2, 0.25) is 0 Å². The van der Waals surface area contributed by atoms with Crippen molar-refractivity contribution in [3.8, 4) is 10.4 Å². The van der Waals surface area contributed by atoms with Crippen LogP contribution in [-0.2, 0) is 0 Å². The van der Waals surface area contributed by atoms with E-state index >= 15 is 0 Å². The van der Waals surface area contributed by atoms with Crippen LogP contribution in [0.4, 0.5) is 0 Å². The lowest BCUT2D eigenvalue weighted by Gasteiger charge is -1.93. The number of rotatable bonds is 1. The molecule has 3 nitrogen and oxygen atoms in total. The van der Waals surface area contributed by atoms with Crippen molar-refractivity contribution < 1.29 is 0 Å². The molecule has 0 N–H and O–H groups in total. The van der Waals surface area contributed by atoms with E-state index in [1.807, 2.05) is 0 Å². The van der Waals surface area contributed by atoms with Gasteiger partial charge in [-0.1, -0.05) is 0 Å². The van der Waals surface area contributed by atoms with Gasteiger partial charge >= 0.3 is 0 Å². The third-order valence-corrected chi connectivity index (χ3v) is 3.09. The lowest BCUT2D eigenvalue weighted by atomic mass is 10.3. The third-order valence-electron chi connectivity index (χ3n) is 1.35. The average Bonchev–Trinajstić information content (AvgIpc) is 2.53. The maximum absolute atomic E-state index is 4.07. The predicted molar refractivity (Wildman–Crippen MR) is 50.8 cm³/mol. The first-order valence-corrected chi connectivity index (χ1v) is 4.89.